The molecule has 0 bridgehead atoms. The molecule has 0 aromatic rings. The predicted octanol–water partition coefficient (Wildman–Crippen LogP) is -0.101. The first-order valence-electron chi connectivity index (χ1n) is 6.38. The number of ether oxygens (including phenoxy) is 1. The smallest absolute Gasteiger partial charge is 0.315 e. The largest absolute Gasteiger partial charge is 0.381 e. The number of carbonyl (C=O) groups excluding carboxylic acids is 1. The van der Waals surface area contributed by atoms with Gasteiger partial charge in [0, 0.05) is 25.8 Å². The Morgan fingerprint density at radius 3 is 2.56 bits per heavy atom. The van der Waals surface area contributed by atoms with E-state index in [0.29, 0.717) is 18.9 Å². The van der Waals surface area contributed by atoms with E-state index >= 15 is 0 Å². The fourth-order valence-electron chi connectivity index (χ4n) is 2.33. The van der Waals surface area contributed by atoms with E-state index in [1.54, 1.807) is 0 Å². The van der Waals surface area contributed by atoms with Gasteiger partial charge in [-0.2, -0.15) is 0 Å². The molecule has 2 aliphatic heterocycles. The van der Waals surface area contributed by atoms with E-state index in [1.165, 1.54) is 0 Å². The molecule has 0 spiro atoms. The van der Waals surface area contributed by atoms with Crippen LogP contribution in [0.3, 0.4) is 0 Å². The topological polar surface area (TPSA) is 84.5 Å². The van der Waals surface area contributed by atoms with Crippen LogP contribution >= 0.6 is 0 Å². The van der Waals surface area contributed by atoms with Crippen LogP contribution in [0, 0.1) is 5.92 Å². The minimum absolute atomic E-state index is 0.0672. The van der Waals surface area contributed by atoms with Crippen LogP contribution < -0.4 is 10.6 Å². The molecule has 0 aromatic heterocycles. The minimum Gasteiger partial charge on any atom is -0.381 e. The third-order valence-corrected chi connectivity index (χ3v) is 5.23. The molecule has 0 radical (unpaired) electrons. The summed E-state index contributed by atoms with van der Waals surface area (Å²) in [6, 6.07) is -0.492. The Labute approximate surface area is 107 Å². The average Bonchev–Trinajstić information content (AvgIpc) is 2.67. The first-order valence-corrected chi connectivity index (χ1v) is 8.20. The summed E-state index contributed by atoms with van der Waals surface area (Å²) in [4.78, 5) is 11.6. The summed E-state index contributed by atoms with van der Waals surface area (Å²) in [6.07, 6.45) is 2.46. The highest BCUT2D eigenvalue weighted by Crippen LogP contribution is 2.13. The van der Waals surface area contributed by atoms with Gasteiger partial charge in [0.1, 0.15) is 0 Å². The zero-order chi connectivity index (χ0) is 13.0. The molecule has 2 aliphatic rings. The minimum atomic E-state index is -2.94. The summed E-state index contributed by atoms with van der Waals surface area (Å²) in [5.41, 5.74) is 0. The summed E-state index contributed by atoms with van der Waals surface area (Å²) in [7, 11) is -2.94. The predicted molar refractivity (Wildman–Crippen MR) is 67.1 cm³/mol. The Morgan fingerprint density at radius 1 is 1.22 bits per heavy atom. The van der Waals surface area contributed by atoms with Crippen LogP contribution in [0.25, 0.3) is 0 Å². The molecular formula is C11H20N2O4S. The molecule has 2 amide bonds. The lowest BCUT2D eigenvalue weighted by atomic mass is 10.0. The van der Waals surface area contributed by atoms with Gasteiger partial charge in [-0.3, -0.25) is 0 Å². The highest BCUT2D eigenvalue weighted by molar-refractivity contribution is 7.91. The summed E-state index contributed by atoms with van der Waals surface area (Å²) >= 11 is 0. The van der Waals surface area contributed by atoms with Gasteiger partial charge in [-0.15, -0.1) is 0 Å². The van der Waals surface area contributed by atoms with Crippen LogP contribution in [0.4, 0.5) is 4.79 Å². The van der Waals surface area contributed by atoms with Crippen molar-refractivity contribution < 1.29 is 17.9 Å². The molecule has 2 saturated heterocycles. The van der Waals surface area contributed by atoms with E-state index in [0.717, 1.165) is 26.1 Å². The third-order valence-electron chi connectivity index (χ3n) is 3.46. The molecule has 7 heteroatoms. The molecule has 1 atom stereocenters. The fourth-order valence-corrected chi connectivity index (χ4v) is 4.01. The molecule has 2 N–H and O–H groups in total. The van der Waals surface area contributed by atoms with Crippen LogP contribution in [0.15, 0.2) is 0 Å². The number of amides is 2. The van der Waals surface area contributed by atoms with E-state index in [4.69, 9.17) is 4.74 Å². The summed E-state index contributed by atoms with van der Waals surface area (Å²) in [5.74, 6) is 0.715. The Balaban J connectivity index is 1.66. The standard InChI is InChI=1S/C11H20N2O4S/c14-11(12-7-9-1-4-17-5-2-9)13-10-3-6-18(15,16)8-10/h9-10H,1-8H2,(H2,12,13,14). The van der Waals surface area contributed by atoms with Gasteiger partial charge < -0.3 is 15.4 Å². The Bertz CT molecular complexity index is 390. The van der Waals surface area contributed by atoms with Crippen LogP contribution in [0.2, 0.25) is 0 Å². The maximum atomic E-state index is 11.6. The number of nitrogens with one attached hydrogen (secondary N) is 2. The van der Waals surface area contributed by atoms with Gasteiger partial charge in [-0.05, 0) is 25.2 Å². The zero-order valence-electron chi connectivity index (χ0n) is 10.4. The Morgan fingerprint density at radius 2 is 1.94 bits per heavy atom. The van der Waals surface area contributed by atoms with Crippen LogP contribution in [0.1, 0.15) is 19.3 Å². The van der Waals surface area contributed by atoms with Crippen molar-refractivity contribution in [1.29, 1.82) is 0 Å². The zero-order valence-corrected chi connectivity index (χ0v) is 11.2. The van der Waals surface area contributed by atoms with Crippen molar-refractivity contribution in [3.05, 3.63) is 0 Å². The lowest BCUT2D eigenvalue weighted by Gasteiger charge is -2.22. The van der Waals surface area contributed by atoms with E-state index in [-0.39, 0.29) is 23.6 Å². The molecule has 0 saturated carbocycles. The van der Waals surface area contributed by atoms with E-state index in [9.17, 15) is 13.2 Å². The monoisotopic (exact) mass is 276 g/mol. The van der Waals surface area contributed by atoms with Crippen molar-refractivity contribution in [2.45, 2.75) is 25.3 Å². The van der Waals surface area contributed by atoms with Crippen LogP contribution in [0.5, 0.6) is 0 Å². The maximum Gasteiger partial charge on any atom is 0.315 e. The molecular weight excluding hydrogens is 256 g/mol. The van der Waals surface area contributed by atoms with Gasteiger partial charge in [-0.25, -0.2) is 13.2 Å². The highest BCUT2D eigenvalue weighted by atomic mass is 32.2. The van der Waals surface area contributed by atoms with Crippen LogP contribution in [-0.2, 0) is 14.6 Å². The van der Waals surface area contributed by atoms with Crippen molar-refractivity contribution >= 4 is 15.9 Å². The van der Waals surface area contributed by atoms with E-state index < -0.39 is 9.84 Å². The molecule has 2 heterocycles. The number of carbonyl (C=O) groups is 1. The quantitative estimate of drug-likeness (QED) is 0.754. The van der Waals surface area contributed by atoms with Crippen molar-refractivity contribution in [3.63, 3.8) is 0 Å². The first kappa shape index (κ1) is 13.6. The summed E-state index contributed by atoms with van der Waals surface area (Å²) in [5, 5.41) is 5.52. The second kappa shape index (κ2) is 5.88. The van der Waals surface area contributed by atoms with E-state index in [1.807, 2.05) is 0 Å². The van der Waals surface area contributed by atoms with Crippen molar-refractivity contribution in [3.8, 4) is 0 Å². The maximum absolute atomic E-state index is 11.6. The lowest BCUT2D eigenvalue weighted by Crippen LogP contribution is -2.44. The Hall–Kier alpha value is -0.820. The van der Waals surface area contributed by atoms with Crippen molar-refractivity contribution in [2.24, 2.45) is 5.92 Å². The molecule has 18 heavy (non-hydrogen) atoms. The molecule has 1 unspecified atom stereocenters. The molecule has 2 rings (SSSR count). The molecule has 2 fully saturated rings. The number of hydrogen-bond acceptors (Lipinski definition) is 4. The van der Waals surface area contributed by atoms with Gasteiger partial charge in [0.15, 0.2) is 9.84 Å². The van der Waals surface area contributed by atoms with Gasteiger partial charge in [0.25, 0.3) is 0 Å². The SMILES string of the molecule is O=C(NCC1CCOCC1)NC1CCS(=O)(=O)C1. The lowest BCUT2D eigenvalue weighted by molar-refractivity contribution is 0.0669. The number of rotatable bonds is 3. The van der Waals surface area contributed by atoms with Crippen LogP contribution in [-0.4, -0.2) is 51.8 Å². The summed E-state index contributed by atoms with van der Waals surface area (Å²) < 4.78 is 27.7. The fraction of sp³-hybridized carbons (Fsp3) is 0.909. The molecule has 0 aliphatic carbocycles. The first-order chi connectivity index (χ1) is 8.55. The van der Waals surface area contributed by atoms with Gasteiger partial charge in [-0.1, -0.05) is 0 Å². The van der Waals surface area contributed by atoms with Crippen molar-refractivity contribution in [2.75, 3.05) is 31.3 Å². The second-order valence-electron chi connectivity index (χ2n) is 5.01. The Kier molecular flexibility index (Phi) is 4.45. The summed E-state index contributed by atoms with van der Waals surface area (Å²) in [6.45, 7) is 2.15. The number of urea groups is 1. The van der Waals surface area contributed by atoms with E-state index in [2.05, 4.69) is 10.6 Å². The number of hydrogen-bond donors (Lipinski definition) is 2. The normalized spacial score (nSPS) is 27.9. The van der Waals surface area contributed by atoms with Gasteiger partial charge in [0.05, 0.1) is 11.5 Å². The molecule has 0 aromatic carbocycles. The van der Waals surface area contributed by atoms with Gasteiger partial charge in [0.2, 0.25) is 0 Å². The van der Waals surface area contributed by atoms with Crippen molar-refractivity contribution in [1.82, 2.24) is 10.6 Å². The molecule has 6 nitrogen and oxygen atoms in total. The third kappa shape index (κ3) is 4.13. The van der Waals surface area contributed by atoms with Gasteiger partial charge >= 0.3 is 6.03 Å². The average molecular weight is 276 g/mol. The molecule has 104 valence electrons. The number of sulfone groups is 1. The second-order valence-corrected chi connectivity index (χ2v) is 7.24. The highest BCUT2D eigenvalue weighted by Gasteiger charge is 2.28.